The van der Waals surface area contributed by atoms with Crippen LogP contribution in [-0.2, 0) is 11.8 Å². The molecule has 166 valence electrons. The fraction of sp³-hybridized carbons (Fsp3) is 0.292. The molecule has 0 aliphatic carbocycles. The average molecular weight is 452 g/mol. The first-order chi connectivity index (χ1) is 15.5. The molecule has 1 aliphatic rings. The van der Waals surface area contributed by atoms with Gasteiger partial charge in [-0.2, -0.15) is 0 Å². The van der Waals surface area contributed by atoms with Crippen molar-refractivity contribution in [2.45, 2.75) is 18.9 Å². The van der Waals surface area contributed by atoms with Gasteiger partial charge >= 0.3 is 6.03 Å². The molecule has 0 radical (unpaired) electrons. The van der Waals surface area contributed by atoms with E-state index in [1.165, 1.54) is 0 Å². The Kier molecular flexibility index (Phi) is 6.75. The second-order valence-electron chi connectivity index (χ2n) is 7.97. The van der Waals surface area contributed by atoms with Crippen molar-refractivity contribution in [1.29, 1.82) is 0 Å². The molecule has 3 aromatic rings. The van der Waals surface area contributed by atoms with E-state index in [0.717, 1.165) is 29.9 Å². The molecule has 4 rings (SSSR count). The minimum absolute atomic E-state index is 0.0924. The number of carbonyl (C=O) groups excluding carboxylic acids is 2. The number of hydrogen-bond donors (Lipinski definition) is 2. The number of benzene rings is 2. The molecule has 0 bridgehead atoms. The van der Waals surface area contributed by atoms with Gasteiger partial charge in [-0.05, 0) is 42.7 Å². The van der Waals surface area contributed by atoms with Gasteiger partial charge in [0.05, 0.1) is 5.92 Å². The van der Waals surface area contributed by atoms with Crippen molar-refractivity contribution < 1.29 is 9.59 Å². The predicted molar refractivity (Wildman–Crippen MR) is 124 cm³/mol. The third-order valence-corrected chi connectivity index (χ3v) is 5.96. The van der Waals surface area contributed by atoms with E-state index in [1.54, 1.807) is 23.2 Å². The highest BCUT2D eigenvalue weighted by Gasteiger charge is 2.31. The number of halogens is 1. The molecular formula is C24H26ClN5O2. The van der Waals surface area contributed by atoms with Crippen LogP contribution in [0.5, 0.6) is 0 Å². The molecule has 2 heterocycles. The van der Waals surface area contributed by atoms with E-state index in [1.807, 2.05) is 60.3 Å². The van der Waals surface area contributed by atoms with Gasteiger partial charge in [-0.25, -0.2) is 9.78 Å². The third-order valence-electron chi connectivity index (χ3n) is 5.71. The fourth-order valence-electron chi connectivity index (χ4n) is 3.97. The van der Waals surface area contributed by atoms with Crippen LogP contribution < -0.4 is 10.6 Å². The number of urea groups is 1. The number of aryl methyl sites for hydroxylation is 1. The van der Waals surface area contributed by atoms with E-state index < -0.39 is 6.04 Å². The number of aromatic nitrogens is 2. The first-order valence-corrected chi connectivity index (χ1v) is 11.0. The first kappa shape index (κ1) is 21.9. The number of rotatable bonds is 5. The molecule has 3 amide bonds. The molecule has 1 saturated heterocycles. The monoisotopic (exact) mass is 451 g/mol. The number of hydrogen-bond acceptors (Lipinski definition) is 3. The van der Waals surface area contributed by atoms with E-state index in [9.17, 15) is 9.59 Å². The summed E-state index contributed by atoms with van der Waals surface area (Å²) < 4.78 is 1.89. The summed E-state index contributed by atoms with van der Waals surface area (Å²) in [6, 6.07) is 16.1. The van der Waals surface area contributed by atoms with Crippen LogP contribution in [0.25, 0.3) is 0 Å². The molecular weight excluding hydrogens is 426 g/mol. The van der Waals surface area contributed by atoms with Crippen molar-refractivity contribution >= 4 is 29.2 Å². The number of amides is 3. The van der Waals surface area contributed by atoms with Crippen LogP contribution in [0.1, 0.15) is 30.3 Å². The molecule has 7 nitrogen and oxygen atoms in total. The predicted octanol–water partition coefficient (Wildman–Crippen LogP) is 4.22. The van der Waals surface area contributed by atoms with Gasteiger partial charge in [0.2, 0.25) is 5.91 Å². The number of carbonyl (C=O) groups is 2. The molecule has 32 heavy (non-hydrogen) atoms. The lowest BCUT2D eigenvalue weighted by Crippen LogP contribution is -2.47. The standard InChI is InChI=1S/C24H26ClN5O2/c1-29-15-13-26-22(29)21(17-9-11-19(25)12-10-17)28-23(31)18-6-5-14-30(16-18)24(32)27-20-7-3-2-4-8-20/h2-4,7-13,15,18,21H,5-6,14,16H2,1H3,(H,27,32)(H,28,31)/t18-,21+/m0/s1. The highest BCUT2D eigenvalue weighted by Crippen LogP contribution is 2.25. The van der Waals surface area contributed by atoms with Crippen molar-refractivity contribution in [2.75, 3.05) is 18.4 Å². The van der Waals surface area contributed by atoms with Gasteiger partial charge in [-0.3, -0.25) is 4.79 Å². The maximum Gasteiger partial charge on any atom is 0.321 e. The van der Waals surface area contributed by atoms with E-state index in [0.29, 0.717) is 18.1 Å². The lowest BCUT2D eigenvalue weighted by Gasteiger charge is -2.33. The number of para-hydroxylation sites is 1. The smallest absolute Gasteiger partial charge is 0.321 e. The summed E-state index contributed by atoms with van der Waals surface area (Å²) in [5.41, 5.74) is 1.63. The summed E-state index contributed by atoms with van der Waals surface area (Å²) in [6.45, 7) is 1.00. The van der Waals surface area contributed by atoms with Crippen LogP contribution >= 0.6 is 11.6 Å². The third kappa shape index (κ3) is 5.11. The highest BCUT2D eigenvalue weighted by molar-refractivity contribution is 6.30. The molecule has 2 N–H and O–H groups in total. The zero-order valence-electron chi connectivity index (χ0n) is 17.9. The molecule has 1 aromatic heterocycles. The molecule has 1 fully saturated rings. The van der Waals surface area contributed by atoms with E-state index >= 15 is 0 Å². The second kappa shape index (κ2) is 9.87. The Labute approximate surface area is 192 Å². The largest absolute Gasteiger partial charge is 0.342 e. The van der Waals surface area contributed by atoms with Crippen LogP contribution in [0.2, 0.25) is 5.02 Å². The Morgan fingerprint density at radius 1 is 1.12 bits per heavy atom. The normalized spacial score (nSPS) is 16.9. The lowest BCUT2D eigenvalue weighted by atomic mass is 9.96. The summed E-state index contributed by atoms with van der Waals surface area (Å²) in [5.74, 6) is 0.348. The lowest BCUT2D eigenvalue weighted by molar-refractivity contribution is -0.126. The summed E-state index contributed by atoms with van der Waals surface area (Å²) in [6.07, 6.45) is 5.06. The SMILES string of the molecule is Cn1ccnc1[C@H](NC(=O)[C@H]1CCCN(C(=O)Nc2ccccc2)C1)c1ccc(Cl)cc1. The quantitative estimate of drug-likeness (QED) is 0.609. The van der Waals surface area contributed by atoms with Crippen molar-refractivity contribution in [2.24, 2.45) is 13.0 Å². The van der Waals surface area contributed by atoms with E-state index in [-0.39, 0.29) is 17.9 Å². The number of anilines is 1. The zero-order chi connectivity index (χ0) is 22.5. The van der Waals surface area contributed by atoms with Gasteiger partial charge in [0.25, 0.3) is 0 Å². The fourth-order valence-corrected chi connectivity index (χ4v) is 4.09. The minimum Gasteiger partial charge on any atom is -0.342 e. The van der Waals surface area contributed by atoms with Gasteiger partial charge in [-0.15, -0.1) is 0 Å². The second-order valence-corrected chi connectivity index (χ2v) is 8.41. The highest BCUT2D eigenvalue weighted by atomic mass is 35.5. The summed E-state index contributed by atoms with van der Waals surface area (Å²) >= 11 is 6.05. The molecule has 2 atom stereocenters. The number of likely N-dealkylation sites (tertiary alicyclic amines) is 1. The topological polar surface area (TPSA) is 79.3 Å². The van der Waals surface area contributed by atoms with Crippen LogP contribution in [0.4, 0.5) is 10.5 Å². The van der Waals surface area contributed by atoms with Gasteiger partial charge in [0.15, 0.2) is 0 Å². The number of nitrogens with one attached hydrogen (secondary N) is 2. The Bertz CT molecular complexity index is 1070. The molecule has 8 heteroatoms. The summed E-state index contributed by atoms with van der Waals surface area (Å²) in [7, 11) is 1.90. The van der Waals surface area contributed by atoms with Crippen molar-refractivity contribution in [3.63, 3.8) is 0 Å². The van der Waals surface area contributed by atoms with E-state index in [4.69, 9.17) is 11.6 Å². The van der Waals surface area contributed by atoms with Gasteiger partial charge < -0.3 is 20.1 Å². The van der Waals surface area contributed by atoms with Gasteiger partial charge in [0, 0.05) is 43.2 Å². The van der Waals surface area contributed by atoms with Crippen molar-refractivity contribution in [3.8, 4) is 0 Å². The molecule has 1 aliphatic heterocycles. The number of piperidine rings is 1. The molecule has 0 unspecified atom stereocenters. The Morgan fingerprint density at radius 3 is 2.56 bits per heavy atom. The zero-order valence-corrected chi connectivity index (χ0v) is 18.6. The first-order valence-electron chi connectivity index (χ1n) is 10.7. The van der Waals surface area contributed by atoms with Crippen LogP contribution in [0.3, 0.4) is 0 Å². The van der Waals surface area contributed by atoms with Crippen molar-refractivity contribution in [1.82, 2.24) is 19.8 Å². The maximum absolute atomic E-state index is 13.2. The van der Waals surface area contributed by atoms with Crippen LogP contribution in [0.15, 0.2) is 67.0 Å². The average Bonchev–Trinajstić information content (AvgIpc) is 3.24. The molecule has 0 spiro atoms. The van der Waals surface area contributed by atoms with Gasteiger partial charge in [-0.1, -0.05) is 41.9 Å². The van der Waals surface area contributed by atoms with Crippen LogP contribution in [0, 0.1) is 5.92 Å². The maximum atomic E-state index is 13.2. The Balaban J connectivity index is 1.46. The van der Waals surface area contributed by atoms with Gasteiger partial charge in [0.1, 0.15) is 11.9 Å². The van der Waals surface area contributed by atoms with E-state index in [2.05, 4.69) is 15.6 Å². The number of imidazole rings is 1. The summed E-state index contributed by atoms with van der Waals surface area (Å²) in [5, 5.41) is 6.68. The minimum atomic E-state index is -0.409. The Hall–Kier alpha value is -3.32. The summed E-state index contributed by atoms with van der Waals surface area (Å²) in [4.78, 5) is 32.1. The number of nitrogens with zero attached hydrogens (tertiary/aromatic N) is 3. The Morgan fingerprint density at radius 2 is 1.88 bits per heavy atom. The molecule has 2 aromatic carbocycles. The van der Waals surface area contributed by atoms with Crippen molar-refractivity contribution in [3.05, 3.63) is 83.4 Å². The molecule has 0 saturated carbocycles. The van der Waals surface area contributed by atoms with Crippen LogP contribution in [-0.4, -0.2) is 39.5 Å².